The van der Waals surface area contributed by atoms with Crippen molar-refractivity contribution in [2.45, 2.75) is 66.2 Å². The lowest BCUT2D eigenvalue weighted by atomic mass is 9.85. The Morgan fingerprint density at radius 3 is 1.57 bits per heavy atom. The van der Waals surface area contributed by atoms with Gasteiger partial charge in [0.15, 0.2) is 0 Å². The molecule has 30 heavy (non-hydrogen) atoms. The van der Waals surface area contributed by atoms with Crippen molar-refractivity contribution in [2.75, 3.05) is 0 Å². The molecular weight excluding hydrogens is 376 g/mol. The van der Waals surface area contributed by atoms with Crippen LogP contribution in [0.5, 0.6) is 0 Å². The van der Waals surface area contributed by atoms with E-state index in [0.29, 0.717) is 11.8 Å². The van der Waals surface area contributed by atoms with E-state index >= 15 is 0 Å². The van der Waals surface area contributed by atoms with Gasteiger partial charge in [0.2, 0.25) is 11.8 Å². The molecule has 0 aromatic carbocycles. The highest BCUT2D eigenvalue weighted by molar-refractivity contribution is 6.02. The molecule has 2 amide bonds. The molecule has 0 spiro atoms. The second-order valence-electron chi connectivity index (χ2n) is 8.43. The number of hydrogen-bond donors (Lipinski definition) is 2. The predicted octanol–water partition coefficient (Wildman–Crippen LogP) is 4.58. The SMILES string of the molecule is C=C(C)[C@@H]1CC=C(C)C(=NNC(=O)CCC(=O)NN=C2C[C@H](C(=C)C)CC=C2C)C1. The molecule has 2 aliphatic carbocycles. The van der Waals surface area contributed by atoms with E-state index in [0.717, 1.165) is 59.4 Å². The summed E-state index contributed by atoms with van der Waals surface area (Å²) in [5.74, 6) is 0.144. The van der Waals surface area contributed by atoms with Gasteiger partial charge in [0.1, 0.15) is 0 Å². The van der Waals surface area contributed by atoms with Crippen molar-refractivity contribution in [1.29, 1.82) is 0 Å². The lowest BCUT2D eigenvalue weighted by Crippen LogP contribution is -2.26. The Morgan fingerprint density at radius 2 is 1.23 bits per heavy atom. The van der Waals surface area contributed by atoms with E-state index in [1.54, 1.807) is 0 Å². The molecule has 162 valence electrons. The van der Waals surface area contributed by atoms with Crippen molar-refractivity contribution in [1.82, 2.24) is 10.9 Å². The predicted molar refractivity (Wildman–Crippen MR) is 123 cm³/mol. The van der Waals surface area contributed by atoms with Crippen LogP contribution in [0.15, 0.2) is 57.8 Å². The minimum absolute atomic E-state index is 0.0589. The van der Waals surface area contributed by atoms with Crippen LogP contribution in [-0.2, 0) is 9.59 Å². The van der Waals surface area contributed by atoms with Crippen LogP contribution in [0.1, 0.15) is 66.2 Å². The van der Waals surface area contributed by atoms with Gasteiger partial charge in [-0.3, -0.25) is 9.59 Å². The van der Waals surface area contributed by atoms with Gasteiger partial charge >= 0.3 is 0 Å². The zero-order valence-corrected chi connectivity index (χ0v) is 18.7. The Labute approximate surface area is 180 Å². The summed E-state index contributed by atoms with van der Waals surface area (Å²) in [5, 5.41) is 8.52. The first-order chi connectivity index (χ1) is 14.2. The fourth-order valence-electron chi connectivity index (χ4n) is 3.45. The smallest absolute Gasteiger partial charge is 0.240 e. The average molecular weight is 411 g/mol. The molecule has 2 rings (SSSR count). The zero-order chi connectivity index (χ0) is 22.3. The normalized spacial score (nSPS) is 24.1. The maximum atomic E-state index is 12.1. The van der Waals surface area contributed by atoms with Gasteiger partial charge < -0.3 is 0 Å². The minimum atomic E-state index is -0.286. The summed E-state index contributed by atoms with van der Waals surface area (Å²) in [6.45, 7) is 16.0. The van der Waals surface area contributed by atoms with E-state index in [1.807, 2.05) is 27.7 Å². The van der Waals surface area contributed by atoms with E-state index in [1.165, 1.54) is 0 Å². The molecule has 0 aliphatic heterocycles. The van der Waals surface area contributed by atoms with Gasteiger partial charge in [0, 0.05) is 12.8 Å². The van der Waals surface area contributed by atoms with E-state index in [2.05, 4.69) is 46.4 Å². The lowest BCUT2D eigenvalue weighted by molar-refractivity contribution is -0.126. The van der Waals surface area contributed by atoms with Crippen LogP contribution < -0.4 is 10.9 Å². The summed E-state index contributed by atoms with van der Waals surface area (Å²) in [5.41, 5.74) is 11.3. The molecule has 6 heteroatoms. The van der Waals surface area contributed by atoms with Crippen LogP contribution in [-0.4, -0.2) is 23.2 Å². The van der Waals surface area contributed by atoms with Crippen LogP contribution in [0, 0.1) is 11.8 Å². The molecule has 0 fully saturated rings. The van der Waals surface area contributed by atoms with Crippen LogP contribution in [0.3, 0.4) is 0 Å². The first-order valence-corrected chi connectivity index (χ1v) is 10.5. The number of allylic oxidation sites excluding steroid dienone is 6. The molecule has 0 saturated carbocycles. The van der Waals surface area contributed by atoms with Crippen molar-refractivity contribution >= 4 is 23.2 Å². The first-order valence-electron chi connectivity index (χ1n) is 10.5. The summed E-state index contributed by atoms with van der Waals surface area (Å²) in [6, 6.07) is 0. The van der Waals surface area contributed by atoms with Crippen LogP contribution >= 0.6 is 0 Å². The van der Waals surface area contributed by atoms with Crippen molar-refractivity contribution in [3.8, 4) is 0 Å². The Kier molecular flexibility index (Phi) is 8.51. The minimum Gasteiger partial charge on any atom is -0.273 e. The Bertz CT molecular complexity index is 775. The number of carbonyl (C=O) groups is 2. The highest BCUT2D eigenvalue weighted by atomic mass is 16.2. The number of rotatable bonds is 7. The van der Waals surface area contributed by atoms with Gasteiger partial charge in [-0.05, 0) is 76.4 Å². The monoisotopic (exact) mass is 410 g/mol. The van der Waals surface area contributed by atoms with Crippen molar-refractivity contribution in [2.24, 2.45) is 22.0 Å². The average Bonchev–Trinajstić information content (AvgIpc) is 2.70. The van der Waals surface area contributed by atoms with Gasteiger partial charge in [0.25, 0.3) is 0 Å². The van der Waals surface area contributed by atoms with Crippen LogP contribution in [0.25, 0.3) is 0 Å². The maximum Gasteiger partial charge on any atom is 0.240 e. The van der Waals surface area contributed by atoms with Gasteiger partial charge in [-0.2, -0.15) is 10.2 Å². The molecule has 0 aromatic rings. The summed E-state index contributed by atoms with van der Waals surface area (Å²) in [6.07, 6.45) is 7.83. The van der Waals surface area contributed by atoms with Crippen molar-refractivity contribution in [3.63, 3.8) is 0 Å². The second kappa shape index (κ2) is 10.9. The van der Waals surface area contributed by atoms with E-state index < -0.39 is 0 Å². The zero-order valence-electron chi connectivity index (χ0n) is 18.7. The highest BCUT2D eigenvalue weighted by Crippen LogP contribution is 2.27. The molecule has 0 heterocycles. The van der Waals surface area contributed by atoms with Crippen molar-refractivity contribution < 1.29 is 9.59 Å². The van der Waals surface area contributed by atoms with Crippen LogP contribution in [0.4, 0.5) is 0 Å². The molecule has 6 nitrogen and oxygen atoms in total. The lowest BCUT2D eigenvalue weighted by Gasteiger charge is -2.22. The topological polar surface area (TPSA) is 82.9 Å². The number of nitrogens with one attached hydrogen (secondary N) is 2. The summed E-state index contributed by atoms with van der Waals surface area (Å²) in [4.78, 5) is 24.2. The maximum absolute atomic E-state index is 12.1. The Balaban J connectivity index is 1.81. The van der Waals surface area contributed by atoms with Crippen molar-refractivity contribution in [3.05, 3.63) is 47.6 Å². The molecule has 2 atom stereocenters. The molecule has 0 unspecified atom stereocenters. The van der Waals surface area contributed by atoms with Gasteiger partial charge in [-0.1, -0.05) is 36.5 Å². The molecule has 2 N–H and O–H groups in total. The third-order valence-electron chi connectivity index (χ3n) is 5.81. The fraction of sp³-hybridized carbons (Fsp3) is 0.500. The summed E-state index contributed by atoms with van der Waals surface area (Å²) in [7, 11) is 0. The molecule has 0 saturated heterocycles. The Hall–Kier alpha value is -2.76. The van der Waals surface area contributed by atoms with Gasteiger partial charge in [0.05, 0.1) is 11.4 Å². The van der Waals surface area contributed by atoms with Gasteiger partial charge in [-0.25, -0.2) is 10.9 Å². The summed E-state index contributed by atoms with van der Waals surface area (Å²) < 4.78 is 0. The number of hydrazone groups is 2. The van der Waals surface area contributed by atoms with Crippen LogP contribution in [0.2, 0.25) is 0 Å². The molecule has 2 aliphatic rings. The third-order valence-corrected chi connectivity index (χ3v) is 5.81. The number of nitrogens with zero attached hydrogens (tertiary/aromatic N) is 2. The first kappa shape index (κ1) is 23.5. The largest absolute Gasteiger partial charge is 0.273 e. The Morgan fingerprint density at radius 1 is 0.867 bits per heavy atom. The molecule has 0 radical (unpaired) electrons. The van der Waals surface area contributed by atoms with E-state index in [-0.39, 0.29) is 24.7 Å². The van der Waals surface area contributed by atoms with E-state index in [9.17, 15) is 9.59 Å². The quantitative estimate of drug-likeness (QED) is 0.476. The fourth-order valence-corrected chi connectivity index (χ4v) is 3.45. The number of carbonyl (C=O) groups excluding carboxylic acids is 2. The van der Waals surface area contributed by atoms with Gasteiger partial charge in [-0.15, -0.1) is 0 Å². The molecule has 0 aromatic heterocycles. The second-order valence-corrected chi connectivity index (χ2v) is 8.43. The van der Waals surface area contributed by atoms with E-state index in [4.69, 9.17) is 0 Å². The number of hydrogen-bond acceptors (Lipinski definition) is 4. The molecular formula is C24H34N4O2. The summed E-state index contributed by atoms with van der Waals surface area (Å²) >= 11 is 0. The third kappa shape index (κ3) is 6.94. The highest BCUT2D eigenvalue weighted by Gasteiger charge is 2.20. The number of amides is 2. The standard InChI is InChI=1S/C24H34N4O2/c1-15(2)19-9-7-17(5)21(13-19)25-27-23(29)11-12-24(30)28-26-22-14-20(16(3)4)10-8-18(22)6/h7-8,19-20H,1,3,9-14H2,2,4-6H3,(H,27,29)(H,28,30)/t19-,20-/m1/s1. The molecule has 0 bridgehead atoms.